The highest BCUT2D eigenvalue weighted by molar-refractivity contribution is 5.33. The van der Waals surface area contributed by atoms with Crippen LogP contribution in [0.15, 0.2) is 24.3 Å². The van der Waals surface area contributed by atoms with Gasteiger partial charge in [0.2, 0.25) is 0 Å². The number of allylic oxidation sites excluding steroid dienone is 4. The van der Waals surface area contributed by atoms with Crippen LogP contribution < -0.4 is 0 Å². The van der Waals surface area contributed by atoms with Gasteiger partial charge in [0.15, 0.2) is 0 Å². The first-order valence-electron chi connectivity index (χ1n) is 2.54. The average Bonchev–Trinajstić information content (AvgIpc) is 2.45. The van der Waals surface area contributed by atoms with Crippen LogP contribution in [-0.4, -0.2) is 0 Å². The normalized spacial score (nSPS) is 21.0. The van der Waals surface area contributed by atoms with E-state index >= 15 is 0 Å². The minimum Gasteiger partial charge on any atom is -0.193 e. The second kappa shape index (κ2) is 1.48. The molecule has 0 radical (unpaired) electrons. The number of hydrogen-bond acceptors (Lipinski definition) is 1. The molecule has 0 aromatic carbocycles. The van der Waals surface area contributed by atoms with E-state index in [1.54, 1.807) is 0 Å². The highest BCUT2D eigenvalue weighted by Gasteiger charge is 2.23. The van der Waals surface area contributed by atoms with Gasteiger partial charge in [-0.1, -0.05) is 18.2 Å². The Balaban J connectivity index is 2.43. The van der Waals surface area contributed by atoms with Crippen LogP contribution in [0.1, 0.15) is 6.92 Å². The maximum absolute atomic E-state index is 8.09. The fraction of sp³-hybridized carbons (Fsp3) is 0.286. The van der Waals surface area contributed by atoms with Gasteiger partial charge in [-0.05, 0) is 6.92 Å². The van der Waals surface area contributed by atoms with Crippen molar-refractivity contribution in [2.45, 2.75) is 6.92 Å². The Morgan fingerprint density at radius 1 is 1.62 bits per heavy atom. The third kappa shape index (κ3) is 0.974. The SMILES string of the molecule is CC1(C=CC#N)C=C1. The number of nitrogens with zero attached hydrogens (tertiary/aromatic N) is 1. The molecule has 0 aromatic heterocycles. The molecule has 1 aliphatic carbocycles. The molecule has 0 bridgehead atoms. The van der Waals surface area contributed by atoms with Crippen LogP contribution in [0.5, 0.6) is 0 Å². The average molecular weight is 105 g/mol. The lowest BCUT2D eigenvalue weighted by Gasteiger charge is -1.94. The summed E-state index contributed by atoms with van der Waals surface area (Å²) >= 11 is 0. The number of nitriles is 1. The van der Waals surface area contributed by atoms with E-state index in [0.717, 1.165) is 0 Å². The lowest BCUT2D eigenvalue weighted by atomic mass is 10.1. The number of rotatable bonds is 1. The van der Waals surface area contributed by atoms with Crippen molar-refractivity contribution >= 4 is 0 Å². The second-order valence-corrected chi connectivity index (χ2v) is 2.16. The van der Waals surface area contributed by atoms with Gasteiger partial charge in [0.25, 0.3) is 0 Å². The van der Waals surface area contributed by atoms with Crippen molar-refractivity contribution in [2.24, 2.45) is 5.41 Å². The molecule has 0 fully saturated rings. The first kappa shape index (κ1) is 5.11. The zero-order valence-electron chi connectivity index (χ0n) is 4.76. The zero-order valence-corrected chi connectivity index (χ0v) is 4.76. The Labute approximate surface area is 48.9 Å². The lowest BCUT2D eigenvalue weighted by Crippen LogP contribution is -1.85. The van der Waals surface area contributed by atoms with Gasteiger partial charge in [0.1, 0.15) is 0 Å². The molecule has 1 rings (SSSR count). The number of hydrogen-bond donors (Lipinski definition) is 0. The summed E-state index contributed by atoms with van der Waals surface area (Å²) in [4.78, 5) is 0. The summed E-state index contributed by atoms with van der Waals surface area (Å²) in [7, 11) is 0. The van der Waals surface area contributed by atoms with Gasteiger partial charge in [-0.3, -0.25) is 0 Å². The van der Waals surface area contributed by atoms with Crippen molar-refractivity contribution in [1.82, 2.24) is 0 Å². The summed E-state index contributed by atoms with van der Waals surface area (Å²) in [6.07, 6.45) is 7.51. The van der Waals surface area contributed by atoms with E-state index < -0.39 is 0 Å². The standard InChI is InChI=1S/C7H7N/c1-7(4-5-7)3-2-6-8/h2-5H,1H3. The Hall–Kier alpha value is -1.03. The van der Waals surface area contributed by atoms with E-state index in [1.807, 2.05) is 12.1 Å². The fourth-order valence-electron chi connectivity index (χ4n) is 0.459. The second-order valence-electron chi connectivity index (χ2n) is 2.16. The highest BCUT2D eigenvalue weighted by atomic mass is 14.3. The summed E-state index contributed by atoms with van der Waals surface area (Å²) in [6, 6.07) is 1.94. The van der Waals surface area contributed by atoms with Gasteiger partial charge in [-0.15, -0.1) is 0 Å². The molecule has 1 heteroatoms. The van der Waals surface area contributed by atoms with E-state index in [4.69, 9.17) is 5.26 Å². The molecule has 0 N–H and O–H groups in total. The van der Waals surface area contributed by atoms with Crippen LogP contribution in [0.2, 0.25) is 0 Å². The molecule has 0 spiro atoms. The van der Waals surface area contributed by atoms with Crippen molar-refractivity contribution in [3.05, 3.63) is 24.3 Å². The molecule has 0 unspecified atom stereocenters. The van der Waals surface area contributed by atoms with E-state index in [2.05, 4.69) is 19.1 Å². The van der Waals surface area contributed by atoms with Crippen LogP contribution in [0, 0.1) is 16.7 Å². The first-order valence-corrected chi connectivity index (χ1v) is 2.54. The van der Waals surface area contributed by atoms with Crippen LogP contribution >= 0.6 is 0 Å². The third-order valence-electron chi connectivity index (χ3n) is 1.21. The Morgan fingerprint density at radius 2 is 2.25 bits per heavy atom. The predicted octanol–water partition coefficient (Wildman–Crippen LogP) is 1.64. The molecule has 0 atom stereocenters. The van der Waals surface area contributed by atoms with Crippen molar-refractivity contribution in [3.63, 3.8) is 0 Å². The molecule has 8 heavy (non-hydrogen) atoms. The highest BCUT2D eigenvalue weighted by Crippen LogP contribution is 2.34. The molecule has 0 aliphatic heterocycles. The molecule has 0 heterocycles. The van der Waals surface area contributed by atoms with Gasteiger partial charge < -0.3 is 0 Å². The molecule has 1 aliphatic rings. The monoisotopic (exact) mass is 105 g/mol. The van der Waals surface area contributed by atoms with Crippen molar-refractivity contribution in [3.8, 4) is 6.07 Å². The molecule has 0 saturated carbocycles. The largest absolute Gasteiger partial charge is 0.193 e. The third-order valence-corrected chi connectivity index (χ3v) is 1.21. The van der Waals surface area contributed by atoms with E-state index in [-0.39, 0.29) is 5.41 Å². The van der Waals surface area contributed by atoms with Crippen molar-refractivity contribution in [1.29, 1.82) is 5.26 Å². The topological polar surface area (TPSA) is 23.8 Å². The van der Waals surface area contributed by atoms with Crippen LogP contribution in [0.4, 0.5) is 0 Å². The molecular formula is C7H7N. The van der Waals surface area contributed by atoms with Crippen LogP contribution in [-0.2, 0) is 0 Å². The quantitative estimate of drug-likeness (QED) is 0.367. The summed E-state index contributed by atoms with van der Waals surface area (Å²) < 4.78 is 0. The van der Waals surface area contributed by atoms with Crippen molar-refractivity contribution < 1.29 is 0 Å². The Kier molecular flexibility index (Phi) is 0.948. The summed E-state index contributed by atoms with van der Waals surface area (Å²) in [6.45, 7) is 2.06. The smallest absolute Gasteiger partial charge is 0.0909 e. The summed E-state index contributed by atoms with van der Waals surface area (Å²) in [5.41, 5.74) is 0.149. The summed E-state index contributed by atoms with van der Waals surface area (Å²) in [5, 5.41) is 8.09. The molecule has 40 valence electrons. The van der Waals surface area contributed by atoms with Gasteiger partial charge in [0.05, 0.1) is 6.07 Å². The minimum absolute atomic E-state index is 0.149. The lowest BCUT2D eigenvalue weighted by molar-refractivity contribution is 0.837. The first-order chi connectivity index (χ1) is 3.77. The zero-order chi connectivity index (χ0) is 6.04. The molecule has 0 aromatic rings. The van der Waals surface area contributed by atoms with Crippen molar-refractivity contribution in [2.75, 3.05) is 0 Å². The van der Waals surface area contributed by atoms with Gasteiger partial charge in [0, 0.05) is 11.5 Å². The Bertz CT molecular complexity index is 175. The maximum Gasteiger partial charge on any atom is 0.0909 e. The molecule has 1 nitrogen and oxygen atoms in total. The minimum atomic E-state index is 0.149. The molecule has 0 saturated heterocycles. The van der Waals surface area contributed by atoms with Gasteiger partial charge in [-0.2, -0.15) is 5.26 Å². The van der Waals surface area contributed by atoms with E-state index in [1.165, 1.54) is 6.08 Å². The predicted molar refractivity (Wildman–Crippen MR) is 32.0 cm³/mol. The summed E-state index contributed by atoms with van der Waals surface area (Å²) in [5.74, 6) is 0. The van der Waals surface area contributed by atoms with Crippen LogP contribution in [0.25, 0.3) is 0 Å². The maximum atomic E-state index is 8.09. The van der Waals surface area contributed by atoms with Gasteiger partial charge >= 0.3 is 0 Å². The van der Waals surface area contributed by atoms with E-state index in [9.17, 15) is 0 Å². The molecule has 0 amide bonds. The Morgan fingerprint density at radius 3 is 2.62 bits per heavy atom. The van der Waals surface area contributed by atoms with E-state index in [0.29, 0.717) is 0 Å². The van der Waals surface area contributed by atoms with Crippen LogP contribution in [0.3, 0.4) is 0 Å². The fourth-order valence-corrected chi connectivity index (χ4v) is 0.459. The van der Waals surface area contributed by atoms with Gasteiger partial charge in [-0.25, -0.2) is 0 Å². The molecular weight excluding hydrogens is 98.1 g/mol.